The standard InChI is InChI=1S/C11H18N2OS/c1-3-9-8(2)15-10(13-9)11(12)5-4-6-14-7-11/h3-7,12H2,1-2H3. The molecule has 15 heavy (non-hydrogen) atoms. The number of ether oxygens (including phenoxy) is 1. The van der Waals surface area contributed by atoms with Gasteiger partial charge in [0.1, 0.15) is 5.01 Å². The molecule has 1 unspecified atom stereocenters. The normalized spacial score (nSPS) is 26.9. The molecule has 1 fully saturated rings. The predicted octanol–water partition coefficient (Wildman–Crippen LogP) is 1.98. The number of rotatable bonds is 2. The maximum atomic E-state index is 6.34. The maximum absolute atomic E-state index is 6.34. The number of thiazole rings is 1. The van der Waals surface area contributed by atoms with E-state index in [1.165, 1.54) is 10.6 Å². The molecule has 1 aliphatic rings. The third-order valence-corrected chi connectivity index (χ3v) is 4.16. The van der Waals surface area contributed by atoms with Crippen LogP contribution in [0.15, 0.2) is 0 Å². The summed E-state index contributed by atoms with van der Waals surface area (Å²) < 4.78 is 5.46. The van der Waals surface area contributed by atoms with Crippen molar-refractivity contribution >= 4 is 11.3 Å². The molecule has 2 heterocycles. The highest BCUT2D eigenvalue weighted by Gasteiger charge is 2.33. The Kier molecular flexibility index (Phi) is 3.09. The molecule has 3 nitrogen and oxygen atoms in total. The quantitative estimate of drug-likeness (QED) is 0.839. The van der Waals surface area contributed by atoms with Crippen LogP contribution in [0.4, 0.5) is 0 Å². The van der Waals surface area contributed by atoms with Crippen LogP contribution in [0, 0.1) is 6.92 Å². The van der Waals surface area contributed by atoms with Crippen molar-refractivity contribution in [2.75, 3.05) is 13.2 Å². The van der Waals surface area contributed by atoms with Crippen molar-refractivity contribution in [2.45, 2.75) is 38.6 Å². The molecule has 0 saturated carbocycles. The van der Waals surface area contributed by atoms with Crippen LogP contribution in [0.5, 0.6) is 0 Å². The molecule has 1 atom stereocenters. The average Bonchev–Trinajstić information content (AvgIpc) is 2.61. The van der Waals surface area contributed by atoms with Crippen LogP contribution in [0.3, 0.4) is 0 Å². The van der Waals surface area contributed by atoms with Gasteiger partial charge in [0.05, 0.1) is 17.8 Å². The molecule has 1 aliphatic heterocycles. The lowest BCUT2D eigenvalue weighted by atomic mass is 9.94. The summed E-state index contributed by atoms with van der Waals surface area (Å²) in [6.07, 6.45) is 3.01. The summed E-state index contributed by atoms with van der Waals surface area (Å²) in [6.45, 7) is 5.70. The Morgan fingerprint density at radius 1 is 1.60 bits per heavy atom. The largest absolute Gasteiger partial charge is 0.379 e. The summed E-state index contributed by atoms with van der Waals surface area (Å²) in [7, 11) is 0. The number of aromatic nitrogens is 1. The molecular formula is C11H18N2OS. The van der Waals surface area contributed by atoms with Gasteiger partial charge in [-0.2, -0.15) is 0 Å². The van der Waals surface area contributed by atoms with Crippen molar-refractivity contribution in [1.29, 1.82) is 0 Å². The van der Waals surface area contributed by atoms with Gasteiger partial charge in [-0.3, -0.25) is 0 Å². The van der Waals surface area contributed by atoms with Crippen molar-refractivity contribution in [3.8, 4) is 0 Å². The molecule has 0 bridgehead atoms. The van der Waals surface area contributed by atoms with Crippen LogP contribution in [0.2, 0.25) is 0 Å². The highest BCUT2D eigenvalue weighted by Crippen LogP contribution is 2.32. The minimum Gasteiger partial charge on any atom is -0.379 e. The van der Waals surface area contributed by atoms with E-state index < -0.39 is 0 Å². The van der Waals surface area contributed by atoms with Crippen LogP contribution >= 0.6 is 11.3 Å². The summed E-state index contributed by atoms with van der Waals surface area (Å²) in [5, 5.41) is 1.05. The van der Waals surface area contributed by atoms with Gasteiger partial charge in [0.25, 0.3) is 0 Å². The zero-order valence-corrected chi connectivity index (χ0v) is 10.2. The molecule has 1 saturated heterocycles. The van der Waals surface area contributed by atoms with Gasteiger partial charge in [-0.1, -0.05) is 6.92 Å². The minimum absolute atomic E-state index is 0.332. The summed E-state index contributed by atoms with van der Waals surface area (Å²) in [6, 6.07) is 0. The number of nitrogens with zero attached hydrogens (tertiary/aromatic N) is 1. The molecule has 2 N–H and O–H groups in total. The fraction of sp³-hybridized carbons (Fsp3) is 0.727. The molecule has 1 aromatic heterocycles. The Morgan fingerprint density at radius 3 is 2.93 bits per heavy atom. The van der Waals surface area contributed by atoms with Gasteiger partial charge in [0.2, 0.25) is 0 Å². The second-order valence-corrected chi connectivity index (χ2v) is 5.39. The van der Waals surface area contributed by atoms with Gasteiger partial charge in [0.15, 0.2) is 0 Å². The van der Waals surface area contributed by atoms with E-state index in [2.05, 4.69) is 18.8 Å². The van der Waals surface area contributed by atoms with E-state index in [0.29, 0.717) is 6.61 Å². The van der Waals surface area contributed by atoms with Crippen LogP contribution in [-0.2, 0) is 16.7 Å². The number of hydrogen-bond acceptors (Lipinski definition) is 4. The fourth-order valence-corrected chi connectivity index (χ4v) is 3.07. The zero-order chi connectivity index (χ0) is 10.9. The van der Waals surface area contributed by atoms with Crippen LogP contribution < -0.4 is 5.73 Å². The van der Waals surface area contributed by atoms with Crippen LogP contribution in [0.1, 0.15) is 35.3 Å². The Labute approximate surface area is 94.7 Å². The molecular weight excluding hydrogens is 208 g/mol. The summed E-state index contributed by atoms with van der Waals surface area (Å²) in [5.74, 6) is 0. The smallest absolute Gasteiger partial charge is 0.115 e. The van der Waals surface area contributed by atoms with E-state index in [-0.39, 0.29) is 5.54 Å². The van der Waals surface area contributed by atoms with E-state index in [1.54, 1.807) is 11.3 Å². The monoisotopic (exact) mass is 226 g/mol. The SMILES string of the molecule is CCc1nc(C2(N)CCCOC2)sc1C. The lowest BCUT2D eigenvalue weighted by Crippen LogP contribution is -2.44. The Bertz CT molecular complexity index is 342. The van der Waals surface area contributed by atoms with Crippen molar-refractivity contribution in [3.63, 3.8) is 0 Å². The van der Waals surface area contributed by atoms with E-state index in [1.807, 2.05) is 0 Å². The molecule has 0 amide bonds. The van der Waals surface area contributed by atoms with Gasteiger partial charge in [-0.15, -0.1) is 11.3 Å². The van der Waals surface area contributed by atoms with Crippen molar-refractivity contribution in [2.24, 2.45) is 5.73 Å². The first kappa shape index (κ1) is 11.0. The highest BCUT2D eigenvalue weighted by atomic mass is 32.1. The second-order valence-electron chi connectivity index (χ2n) is 4.19. The van der Waals surface area contributed by atoms with E-state index in [0.717, 1.165) is 30.9 Å². The zero-order valence-electron chi connectivity index (χ0n) is 9.38. The first-order chi connectivity index (χ1) is 7.15. The summed E-state index contributed by atoms with van der Waals surface area (Å²) >= 11 is 1.73. The molecule has 4 heteroatoms. The van der Waals surface area contributed by atoms with Gasteiger partial charge in [-0.25, -0.2) is 4.98 Å². The number of hydrogen-bond donors (Lipinski definition) is 1. The van der Waals surface area contributed by atoms with Gasteiger partial charge in [0, 0.05) is 11.5 Å². The van der Waals surface area contributed by atoms with Crippen LogP contribution in [-0.4, -0.2) is 18.2 Å². The lowest BCUT2D eigenvalue weighted by Gasteiger charge is -2.31. The second kappa shape index (κ2) is 4.20. The average molecular weight is 226 g/mol. The van der Waals surface area contributed by atoms with E-state index >= 15 is 0 Å². The maximum Gasteiger partial charge on any atom is 0.115 e. The van der Waals surface area contributed by atoms with Crippen LogP contribution in [0.25, 0.3) is 0 Å². The lowest BCUT2D eigenvalue weighted by molar-refractivity contribution is 0.0365. The predicted molar refractivity (Wildman–Crippen MR) is 62.1 cm³/mol. The minimum atomic E-state index is -0.332. The first-order valence-electron chi connectivity index (χ1n) is 5.49. The van der Waals surface area contributed by atoms with Gasteiger partial charge < -0.3 is 10.5 Å². The van der Waals surface area contributed by atoms with Crippen molar-refractivity contribution in [1.82, 2.24) is 4.98 Å². The first-order valence-corrected chi connectivity index (χ1v) is 6.31. The third kappa shape index (κ3) is 2.07. The number of nitrogens with two attached hydrogens (primary N) is 1. The Balaban J connectivity index is 2.27. The molecule has 1 aromatic rings. The fourth-order valence-electron chi connectivity index (χ4n) is 1.95. The van der Waals surface area contributed by atoms with Gasteiger partial charge >= 0.3 is 0 Å². The third-order valence-electron chi connectivity index (χ3n) is 2.92. The molecule has 84 valence electrons. The highest BCUT2D eigenvalue weighted by molar-refractivity contribution is 7.11. The Morgan fingerprint density at radius 2 is 2.40 bits per heavy atom. The van der Waals surface area contributed by atoms with E-state index in [9.17, 15) is 0 Å². The van der Waals surface area contributed by atoms with Crippen molar-refractivity contribution in [3.05, 3.63) is 15.6 Å². The summed E-state index contributed by atoms with van der Waals surface area (Å²) in [4.78, 5) is 5.93. The van der Waals surface area contributed by atoms with Gasteiger partial charge in [-0.05, 0) is 26.2 Å². The topological polar surface area (TPSA) is 48.1 Å². The Hall–Kier alpha value is -0.450. The summed E-state index contributed by atoms with van der Waals surface area (Å²) in [5.41, 5.74) is 7.19. The molecule has 0 spiro atoms. The number of aryl methyl sites for hydroxylation is 2. The molecule has 0 radical (unpaired) electrons. The van der Waals surface area contributed by atoms with E-state index in [4.69, 9.17) is 10.5 Å². The molecule has 0 aromatic carbocycles. The van der Waals surface area contributed by atoms with Crippen molar-refractivity contribution < 1.29 is 4.74 Å². The molecule has 2 rings (SSSR count). The molecule has 0 aliphatic carbocycles.